The van der Waals surface area contributed by atoms with E-state index in [-0.39, 0.29) is 6.61 Å². The van der Waals surface area contributed by atoms with Crippen molar-refractivity contribution in [2.24, 2.45) is 0 Å². The number of anilines is 1. The van der Waals surface area contributed by atoms with Crippen LogP contribution < -0.4 is 10.5 Å². The highest BCUT2D eigenvalue weighted by atomic mass is 32.2. The van der Waals surface area contributed by atoms with Gasteiger partial charge in [-0.25, -0.2) is 19.7 Å². The van der Waals surface area contributed by atoms with Gasteiger partial charge in [-0.2, -0.15) is 0 Å². The van der Waals surface area contributed by atoms with Crippen molar-refractivity contribution in [1.82, 2.24) is 19.5 Å². The third-order valence-electron chi connectivity index (χ3n) is 3.83. The number of hydrogen-bond acceptors (Lipinski definition) is 8. The van der Waals surface area contributed by atoms with Crippen LogP contribution in [0.4, 0.5) is 5.82 Å². The Kier molecular flexibility index (Phi) is 6.34. The molecule has 0 unspecified atom stereocenters. The molecule has 0 bridgehead atoms. The first kappa shape index (κ1) is 19.5. The molecule has 0 amide bonds. The first-order valence-electron chi connectivity index (χ1n) is 8.50. The number of aromatic nitrogens is 4. The Morgan fingerprint density at radius 2 is 2.25 bits per heavy atom. The van der Waals surface area contributed by atoms with Gasteiger partial charge >= 0.3 is 5.97 Å². The summed E-state index contributed by atoms with van der Waals surface area (Å²) >= 11 is 1.44. The number of nitrogens with two attached hydrogens (primary N) is 1. The van der Waals surface area contributed by atoms with Gasteiger partial charge in [0.25, 0.3) is 0 Å². The van der Waals surface area contributed by atoms with Gasteiger partial charge in [0.2, 0.25) is 0 Å². The number of carbonyl (C=O) groups excluding carboxylic acids is 1. The molecule has 3 aromatic rings. The Balaban J connectivity index is 1.87. The highest BCUT2D eigenvalue weighted by molar-refractivity contribution is 7.99. The highest BCUT2D eigenvalue weighted by Gasteiger charge is 2.16. The molecule has 2 heterocycles. The van der Waals surface area contributed by atoms with Crippen LogP contribution in [0.25, 0.3) is 11.2 Å². The van der Waals surface area contributed by atoms with Crippen molar-refractivity contribution in [3.05, 3.63) is 30.6 Å². The topological polar surface area (TPSA) is 105 Å². The predicted octanol–water partition coefficient (Wildman–Crippen LogP) is 2.52. The number of methoxy groups -OCH3 is 1. The minimum absolute atomic E-state index is 0.151. The average Bonchev–Trinajstić information content (AvgIpc) is 3.05. The fraction of sp³-hybridized carbons (Fsp3) is 0.263. The van der Waals surface area contributed by atoms with Crippen LogP contribution in [0.5, 0.6) is 5.75 Å². The van der Waals surface area contributed by atoms with Crippen LogP contribution >= 0.6 is 11.8 Å². The molecule has 2 aromatic heterocycles. The van der Waals surface area contributed by atoms with E-state index >= 15 is 0 Å². The second-order valence-corrected chi connectivity index (χ2v) is 6.77. The van der Waals surface area contributed by atoms with Crippen molar-refractivity contribution in [1.29, 1.82) is 0 Å². The van der Waals surface area contributed by atoms with Gasteiger partial charge < -0.3 is 19.8 Å². The van der Waals surface area contributed by atoms with Crippen LogP contribution in [0.15, 0.2) is 40.6 Å². The van der Waals surface area contributed by atoms with Crippen LogP contribution in [-0.2, 0) is 16.1 Å². The van der Waals surface area contributed by atoms with Crippen molar-refractivity contribution in [2.45, 2.75) is 29.4 Å². The second-order valence-electron chi connectivity index (χ2n) is 5.73. The number of hydrogen-bond donors (Lipinski definition) is 1. The van der Waals surface area contributed by atoms with Crippen molar-refractivity contribution >= 4 is 34.7 Å². The fourth-order valence-corrected chi connectivity index (χ4v) is 3.44. The Bertz CT molecular complexity index is 1030. The number of esters is 1. The van der Waals surface area contributed by atoms with Crippen molar-refractivity contribution < 1.29 is 14.3 Å². The molecule has 0 aliphatic heterocycles. The lowest BCUT2D eigenvalue weighted by molar-refractivity contribution is -0.142. The number of benzene rings is 1. The van der Waals surface area contributed by atoms with Crippen molar-refractivity contribution in [2.75, 3.05) is 19.5 Å². The molecule has 0 saturated heterocycles. The summed E-state index contributed by atoms with van der Waals surface area (Å²) in [4.78, 5) is 25.1. The molecule has 0 aliphatic carbocycles. The SMILES string of the molecule is C#CCCCn1c(Sc2cccc(OCC(=O)OC)c2)nc2c(N)ncnc21. The Morgan fingerprint density at radius 1 is 1.39 bits per heavy atom. The molecule has 0 aliphatic rings. The molecule has 0 saturated carbocycles. The highest BCUT2D eigenvalue weighted by Crippen LogP contribution is 2.32. The monoisotopic (exact) mass is 397 g/mol. The van der Waals surface area contributed by atoms with Gasteiger partial charge in [-0.1, -0.05) is 17.8 Å². The summed E-state index contributed by atoms with van der Waals surface area (Å²) in [5.41, 5.74) is 7.19. The molecule has 0 atom stereocenters. The number of rotatable bonds is 8. The first-order chi connectivity index (χ1) is 13.6. The zero-order valence-electron chi connectivity index (χ0n) is 15.3. The molecular weight excluding hydrogens is 378 g/mol. The predicted molar refractivity (Wildman–Crippen MR) is 106 cm³/mol. The lowest BCUT2D eigenvalue weighted by atomic mass is 10.3. The number of ether oxygens (including phenoxy) is 2. The number of fused-ring (bicyclic) bond motifs is 1. The molecule has 0 radical (unpaired) electrons. The Morgan fingerprint density at radius 3 is 3.04 bits per heavy atom. The number of nitrogen functional groups attached to an aromatic ring is 1. The smallest absolute Gasteiger partial charge is 0.343 e. The van der Waals surface area contributed by atoms with Gasteiger partial charge in [0.15, 0.2) is 28.7 Å². The normalized spacial score (nSPS) is 10.6. The maximum absolute atomic E-state index is 11.3. The molecule has 28 heavy (non-hydrogen) atoms. The molecule has 0 fully saturated rings. The summed E-state index contributed by atoms with van der Waals surface area (Å²) in [5.74, 6) is 3.09. The maximum Gasteiger partial charge on any atom is 0.343 e. The summed E-state index contributed by atoms with van der Waals surface area (Å²) in [6.07, 6.45) is 8.24. The molecule has 0 spiro atoms. The third-order valence-corrected chi connectivity index (χ3v) is 4.81. The third kappa shape index (κ3) is 4.53. The van der Waals surface area contributed by atoms with Crippen molar-refractivity contribution in [3.8, 4) is 18.1 Å². The number of imidazole rings is 1. The van der Waals surface area contributed by atoms with E-state index in [0.717, 1.165) is 16.5 Å². The quantitative estimate of drug-likeness (QED) is 0.351. The average molecular weight is 397 g/mol. The fourth-order valence-electron chi connectivity index (χ4n) is 2.49. The van der Waals surface area contributed by atoms with Crippen LogP contribution in [0.2, 0.25) is 0 Å². The maximum atomic E-state index is 11.3. The van der Waals surface area contributed by atoms with Gasteiger partial charge in [-0.05, 0) is 24.6 Å². The van der Waals surface area contributed by atoms with Crippen LogP contribution in [0, 0.1) is 12.3 Å². The molecular formula is C19H19N5O3S. The zero-order chi connectivity index (χ0) is 19.9. The lowest BCUT2D eigenvalue weighted by Gasteiger charge is -2.09. The summed E-state index contributed by atoms with van der Waals surface area (Å²) in [5, 5.41) is 0.726. The Hall–Kier alpha value is -3.25. The van der Waals surface area contributed by atoms with E-state index in [1.807, 2.05) is 22.8 Å². The van der Waals surface area contributed by atoms with Gasteiger partial charge in [-0.15, -0.1) is 12.3 Å². The van der Waals surface area contributed by atoms with Gasteiger partial charge in [-0.3, -0.25) is 0 Å². The molecule has 8 nitrogen and oxygen atoms in total. The molecule has 1 aromatic carbocycles. The van der Waals surface area contributed by atoms with Crippen molar-refractivity contribution in [3.63, 3.8) is 0 Å². The van der Waals surface area contributed by atoms with Gasteiger partial charge in [0, 0.05) is 17.9 Å². The number of nitrogens with zero attached hydrogens (tertiary/aromatic N) is 4. The van der Waals surface area contributed by atoms with E-state index in [1.165, 1.54) is 25.2 Å². The van der Waals surface area contributed by atoms with E-state index < -0.39 is 5.97 Å². The number of terminal acetylenes is 1. The van der Waals surface area contributed by atoms with E-state index in [4.69, 9.17) is 16.9 Å². The standard InChI is InChI=1S/C19H19N5O3S/c1-3-4-5-9-24-18-16(17(20)21-12-22-18)23-19(24)28-14-8-6-7-13(10-14)27-11-15(25)26-2/h1,6-8,10,12H,4-5,9,11H2,2H3,(H2,20,21,22). The van der Waals surface area contributed by atoms with Crippen LogP contribution in [-0.4, -0.2) is 39.2 Å². The van der Waals surface area contributed by atoms with Crippen LogP contribution in [0.1, 0.15) is 12.8 Å². The molecule has 2 N–H and O–H groups in total. The minimum atomic E-state index is -0.442. The van der Waals surface area contributed by atoms with E-state index in [2.05, 4.69) is 25.6 Å². The Labute approximate surface area is 166 Å². The largest absolute Gasteiger partial charge is 0.482 e. The minimum Gasteiger partial charge on any atom is -0.482 e. The summed E-state index contributed by atoms with van der Waals surface area (Å²) in [7, 11) is 1.32. The summed E-state index contributed by atoms with van der Waals surface area (Å²) < 4.78 is 12.0. The summed E-state index contributed by atoms with van der Waals surface area (Å²) in [6, 6.07) is 7.37. The molecule has 144 valence electrons. The van der Waals surface area contributed by atoms with Crippen LogP contribution in [0.3, 0.4) is 0 Å². The van der Waals surface area contributed by atoms with E-state index in [0.29, 0.717) is 35.7 Å². The zero-order valence-corrected chi connectivity index (χ0v) is 16.1. The second kappa shape index (κ2) is 9.10. The molecule has 3 rings (SSSR count). The van der Waals surface area contributed by atoms with E-state index in [1.54, 1.807) is 6.07 Å². The molecule has 9 heteroatoms. The first-order valence-corrected chi connectivity index (χ1v) is 9.31. The number of unbranched alkanes of at least 4 members (excludes halogenated alkanes) is 1. The van der Waals surface area contributed by atoms with Gasteiger partial charge in [0.1, 0.15) is 12.1 Å². The number of carbonyl (C=O) groups is 1. The van der Waals surface area contributed by atoms with Gasteiger partial charge in [0.05, 0.1) is 7.11 Å². The lowest BCUT2D eigenvalue weighted by Crippen LogP contribution is -2.12. The summed E-state index contributed by atoms with van der Waals surface area (Å²) in [6.45, 7) is 0.513. The number of aryl methyl sites for hydroxylation is 1. The van der Waals surface area contributed by atoms with E-state index in [9.17, 15) is 4.79 Å².